The van der Waals surface area contributed by atoms with Crippen LogP contribution in [0.15, 0.2) is 24.5 Å². The zero-order valence-electron chi connectivity index (χ0n) is 10.4. The maximum Gasteiger partial charge on any atom is 0.0717 e. The lowest BCUT2D eigenvalue weighted by Gasteiger charge is -2.22. The van der Waals surface area contributed by atoms with E-state index in [1.54, 1.807) is 0 Å². The van der Waals surface area contributed by atoms with Crippen molar-refractivity contribution >= 4 is 0 Å². The Morgan fingerprint density at radius 3 is 3.00 bits per heavy atom. The predicted octanol–water partition coefficient (Wildman–Crippen LogP) is 2.38. The molecule has 2 heterocycles. The Morgan fingerprint density at radius 1 is 1.35 bits per heavy atom. The summed E-state index contributed by atoms with van der Waals surface area (Å²) in [6.07, 6.45) is 8.82. The molecule has 1 fully saturated rings. The Balaban J connectivity index is 1.51. The molecule has 0 aromatic carbocycles. The van der Waals surface area contributed by atoms with Crippen molar-refractivity contribution in [2.45, 2.75) is 32.3 Å². The summed E-state index contributed by atoms with van der Waals surface area (Å²) in [6.45, 7) is 3.99. The van der Waals surface area contributed by atoms with Crippen LogP contribution in [0.1, 0.15) is 31.2 Å². The van der Waals surface area contributed by atoms with Gasteiger partial charge < -0.3 is 10.1 Å². The summed E-state index contributed by atoms with van der Waals surface area (Å²) < 4.78 is 5.66. The average molecular weight is 234 g/mol. The van der Waals surface area contributed by atoms with Crippen molar-refractivity contribution in [3.8, 4) is 0 Å². The minimum atomic E-state index is 0.714. The summed E-state index contributed by atoms with van der Waals surface area (Å²) in [4.78, 5) is 3.99. The molecule has 2 rings (SSSR count). The van der Waals surface area contributed by atoms with Crippen LogP contribution < -0.4 is 5.32 Å². The zero-order chi connectivity index (χ0) is 11.8. The molecule has 1 aliphatic rings. The topological polar surface area (TPSA) is 34.1 Å². The van der Waals surface area contributed by atoms with Gasteiger partial charge >= 0.3 is 0 Å². The normalized spacial score (nSPS) is 20.4. The number of rotatable bonds is 6. The first-order valence-corrected chi connectivity index (χ1v) is 6.62. The molecule has 1 saturated heterocycles. The number of aromatic nitrogens is 1. The molecular weight excluding hydrogens is 212 g/mol. The van der Waals surface area contributed by atoms with Gasteiger partial charge in [0.05, 0.1) is 6.61 Å². The van der Waals surface area contributed by atoms with Crippen LogP contribution in [0.25, 0.3) is 0 Å². The SMILES string of the molecule is c1cc(COCCC[C@@H]2CCCNC2)ccn1. The maximum atomic E-state index is 5.66. The van der Waals surface area contributed by atoms with E-state index >= 15 is 0 Å². The molecule has 0 radical (unpaired) electrons. The molecule has 94 valence electrons. The Kier molecular flexibility index (Phi) is 5.46. The highest BCUT2D eigenvalue weighted by atomic mass is 16.5. The van der Waals surface area contributed by atoms with Gasteiger partial charge in [0, 0.05) is 19.0 Å². The fraction of sp³-hybridized carbons (Fsp3) is 0.643. The lowest BCUT2D eigenvalue weighted by molar-refractivity contribution is 0.112. The minimum Gasteiger partial charge on any atom is -0.377 e. The van der Waals surface area contributed by atoms with Crippen LogP contribution >= 0.6 is 0 Å². The van der Waals surface area contributed by atoms with Crippen molar-refractivity contribution in [1.82, 2.24) is 10.3 Å². The van der Waals surface area contributed by atoms with Gasteiger partial charge in [-0.1, -0.05) is 0 Å². The maximum absolute atomic E-state index is 5.66. The third-order valence-electron chi connectivity index (χ3n) is 3.32. The van der Waals surface area contributed by atoms with Gasteiger partial charge in [0.1, 0.15) is 0 Å². The van der Waals surface area contributed by atoms with Gasteiger partial charge in [-0.05, 0) is 62.4 Å². The molecule has 0 bridgehead atoms. The van der Waals surface area contributed by atoms with Crippen LogP contribution in [0.2, 0.25) is 0 Å². The van der Waals surface area contributed by atoms with Gasteiger partial charge in [0.2, 0.25) is 0 Å². The molecule has 0 saturated carbocycles. The van der Waals surface area contributed by atoms with E-state index in [2.05, 4.69) is 10.3 Å². The highest BCUT2D eigenvalue weighted by molar-refractivity contribution is 5.07. The van der Waals surface area contributed by atoms with E-state index in [-0.39, 0.29) is 0 Å². The molecule has 1 aliphatic heterocycles. The summed E-state index contributed by atoms with van der Waals surface area (Å²) >= 11 is 0. The molecule has 3 nitrogen and oxygen atoms in total. The van der Waals surface area contributed by atoms with E-state index < -0.39 is 0 Å². The van der Waals surface area contributed by atoms with Gasteiger partial charge in [-0.15, -0.1) is 0 Å². The van der Waals surface area contributed by atoms with E-state index in [9.17, 15) is 0 Å². The van der Waals surface area contributed by atoms with Crippen LogP contribution in [0, 0.1) is 5.92 Å². The number of hydrogen-bond acceptors (Lipinski definition) is 3. The number of ether oxygens (including phenoxy) is 1. The van der Waals surface area contributed by atoms with Crippen LogP contribution in [-0.2, 0) is 11.3 Å². The van der Waals surface area contributed by atoms with Crippen LogP contribution in [-0.4, -0.2) is 24.7 Å². The molecule has 1 N–H and O–H groups in total. The van der Waals surface area contributed by atoms with E-state index in [4.69, 9.17) is 4.74 Å². The summed E-state index contributed by atoms with van der Waals surface area (Å²) in [6, 6.07) is 4.01. The number of pyridine rings is 1. The van der Waals surface area contributed by atoms with Crippen LogP contribution in [0.4, 0.5) is 0 Å². The first-order valence-electron chi connectivity index (χ1n) is 6.62. The lowest BCUT2D eigenvalue weighted by Crippen LogP contribution is -2.29. The number of nitrogens with zero attached hydrogens (tertiary/aromatic N) is 1. The van der Waals surface area contributed by atoms with Crippen molar-refractivity contribution in [3.63, 3.8) is 0 Å². The zero-order valence-corrected chi connectivity index (χ0v) is 10.4. The second-order valence-electron chi connectivity index (χ2n) is 4.76. The summed E-state index contributed by atoms with van der Waals surface area (Å²) in [7, 11) is 0. The summed E-state index contributed by atoms with van der Waals surface area (Å²) in [5, 5.41) is 3.45. The van der Waals surface area contributed by atoms with Crippen molar-refractivity contribution in [2.75, 3.05) is 19.7 Å². The van der Waals surface area contributed by atoms with E-state index in [0.29, 0.717) is 6.61 Å². The molecule has 1 aromatic heterocycles. The van der Waals surface area contributed by atoms with Crippen molar-refractivity contribution in [3.05, 3.63) is 30.1 Å². The van der Waals surface area contributed by atoms with Crippen molar-refractivity contribution in [2.24, 2.45) is 5.92 Å². The summed E-state index contributed by atoms with van der Waals surface area (Å²) in [5.41, 5.74) is 1.21. The average Bonchev–Trinajstić information content (AvgIpc) is 2.41. The second kappa shape index (κ2) is 7.41. The molecule has 17 heavy (non-hydrogen) atoms. The lowest BCUT2D eigenvalue weighted by atomic mass is 9.95. The first-order chi connectivity index (χ1) is 8.45. The molecule has 1 atom stereocenters. The van der Waals surface area contributed by atoms with Gasteiger partial charge in [-0.3, -0.25) is 4.98 Å². The van der Waals surface area contributed by atoms with Gasteiger partial charge in [0.25, 0.3) is 0 Å². The molecular formula is C14H22N2O. The number of nitrogens with one attached hydrogen (secondary N) is 1. The third kappa shape index (κ3) is 4.84. The van der Waals surface area contributed by atoms with E-state index in [1.165, 1.54) is 44.3 Å². The quantitative estimate of drug-likeness (QED) is 0.767. The Labute approximate surface area is 104 Å². The predicted molar refractivity (Wildman–Crippen MR) is 68.7 cm³/mol. The first kappa shape index (κ1) is 12.5. The highest BCUT2D eigenvalue weighted by Gasteiger charge is 2.11. The van der Waals surface area contributed by atoms with Crippen LogP contribution in [0.5, 0.6) is 0 Å². The highest BCUT2D eigenvalue weighted by Crippen LogP contribution is 2.15. The minimum absolute atomic E-state index is 0.714. The largest absolute Gasteiger partial charge is 0.377 e. The van der Waals surface area contributed by atoms with Crippen molar-refractivity contribution in [1.29, 1.82) is 0 Å². The summed E-state index contributed by atoms with van der Waals surface area (Å²) in [5.74, 6) is 0.869. The molecule has 0 aliphatic carbocycles. The van der Waals surface area contributed by atoms with Gasteiger partial charge in [-0.2, -0.15) is 0 Å². The number of hydrogen-bond donors (Lipinski definition) is 1. The van der Waals surface area contributed by atoms with E-state index in [0.717, 1.165) is 12.5 Å². The smallest absolute Gasteiger partial charge is 0.0717 e. The molecule has 0 spiro atoms. The van der Waals surface area contributed by atoms with Crippen molar-refractivity contribution < 1.29 is 4.74 Å². The fourth-order valence-corrected chi connectivity index (χ4v) is 2.31. The van der Waals surface area contributed by atoms with Gasteiger partial charge in [-0.25, -0.2) is 0 Å². The Bertz CT molecular complexity index is 296. The Morgan fingerprint density at radius 2 is 2.24 bits per heavy atom. The van der Waals surface area contributed by atoms with E-state index in [1.807, 2.05) is 24.5 Å². The van der Waals surface area contributed by atoms with Crippen LogP contribution in [0.3, 0.4) is 0 Å². The number of piperidine rings is 1. The third-order valence-corrected chi connectivity index (χ3v) is 3.32. The molecule has 0 unspecified atom stereocenters. The van der Waals surface area contributed by atoms with Gasteiger partial charge in [0.15, 0.2) is 0 Å². The Hall–Kier alpha value is -0.930. The molecule has 1 aromatic rings. The molecule has 0 amide bonds. The monoisotopic (exact) mass is 234 g/mol. The standard InChI is InChI=1S/C14H22N2O/c1-3-13(11-16-7-1)4-2-10-17-12-14-5-8-15-9-6-14/h5-6,8-9,13,16H,1-4,7,10-12H2/t13-/m0/s1. The fourth-order valence-electron chi connectivity index (χ4n) is 2.31. The molecule has 3 heteroatoms. The second-order valence-corrected chi connectivity index (χ2v) is 4.76.